The van der Waals surface area contributed by atoms with Gasteiger partial charge in [0.15, 0.2) is 6.61 Å². The maximum absolute atomic E-state index is 12.7. The highest BCUT2D eigenvalue weighted by molar-refractivity contribution is 8.93. The Morgan fingerprint density at radius 2 is 1.50 bits per heavy atom. The summed E-state index contributed by atoms with van der Waals surface area (Å²) < 4.78 is 7.15. The molecule has 1 saturated heterocycles. The number of hydrogen-bond acceptors (Lipinski definition) is 5. The van der Waals surface area contributed by atoms with Gasteiger partial charge in [-0.3, -0.25) is 14.5 Å². The normalized spacial score (nSPS) is 13.9. The Bertz CT molecular complexity index is 1380. The molecule has 1 fully saturated rings. The Morgan fingerprint density at radius 3 is 2.19 bits per heavy atom. The fourth-order valence-corrected chi connectivity index (χ4v) is 4.46. The fraction of sp³-hybridized carbons (Fsp3) is 0.250. The largest absolute Gasteiger partial charge is 0.484 e. The molecule has 1 aromatic heterocycles. The van der Waals surface area contributed by atoms with E-state index in [0.717, 1.165) is 36.3 Å². The van der Waals surface area contributed by atoms with Gasteiger partial charge in [-0.1, -0.05) is 48.5 Å². The number of carbonyl (C=O) groups excluding carboxylic acids is 1. The van der Waals surface area contributed by atoms with E-state index in [1.54, 1.807) is 7.05 Å². The van der Waals surface area contributed by atoms with Crippen LogP contribution in [0.15, 0.2) is 83.7 Å². The lowest BCUT2D eigenvalue weighted by Gasteiger charge is -2.34. The Kier molecular flexibility index (Phi) is 8.18. The van der Waals surface area contributed by atoms with Crippen LogP contribution in [-0.4, -0.2) is 58.3 Å². The average Bonchev–Trinajstić information content (AvgIpc) is 2.91. The first-order valence-corrected chi connectivity index (χ1v) is 11.8. The zero-order chi connectivity index (χ0) is 24.2. The highest BCUT2D eigenvalue weighted by Gasteiger charge is 2.21. The molecule has 5 rings (SSSR count). The van der Waals surface area contributed by atoms with Crippen molar-refractivity contribution in [1.29, 1.82) is 0 Å². The number of amides is 1. The highest BCUT2D eigenvalue weighted by atomic mass is 79.9. The number of aromatic nitrogens is 2. The molecule has 1 aliphatic heterocycles. The van der Waals surface area contributed by atoms with Gasteiger partial charge in [0, 0.05) is 50.7 Å². The van der Waals surface area contributed by atoms with Gasteiger partial charge in [0.05, 0.1) is 11.1 Å². The van der Waals surface area contributed by atoms with Gasteiger partial charge in [-0.15, -0.1) is 17.0 Å². The van der Waals surface area contributed by atoms with Crippen molar-refractivity contribution >= 4 is 33.7 Å². The first-order chi connectivity index (χ1) is 17.1. The number of rotatable bonds is 6. The lowest BCUT2D eigenvalue weighted by atomic mass is 10.1. The first kappa shape index (κ1) is 25.6. The summed E-state index contributed by atoms with van der Waals surface area (Å²) in [6.45, 7) is 4.05. The zero-order valence-electron chi connectivity index (χ0n) is 20.2. The lowest BCUT2D eigenvalue weighted by molar-refractivity contribution is -0.135. The summed E-state index contributed by atoms with van der Waals surface area (Å²) in [6, 6.07) is 25.4. The standard InChI is InChI=1S/C28H28N4O3.BrH/c1-30-28(34)25-10-6-5-9-24(25)27(29-30)22-11-13-23(14-12-22)35-20-26(33)32-17-15-31(16-18-32)19-21-7-3-2-4-8-21;/h2-14H,15-20H2,1H3;1H. The Balaban J connectivity index is 0.00000304. The van der Waals surface area contributed by atoms with E-state index in [-0.39, 0.29) is 35.1 Å². The van der Waals surface area contributed by atoms with Crippen molar-refractivity contribution in [2.24, 2.45) is 7.05 Å². The van der Waals surface area contributed by atoms with Crippen LogP contribution in [0, 0.1) is 0 Å². The predicted octanol–water partition coefficient (Wildman–Crippen LogP) is 3.90. The first-order valence-electron chi connectivity index (χ1n) is 11.8. The molecule has 7 nitrogen and oxygen atoms in total. The topological polar surface area (TPSA) is 67.7 Å². The molecule has 0 N–H and O–H groups in total. The second-order valence-corrected chi connectivity index (χ2v) is 8.78. The molecule has 0 bridgehead atoms. The van der Waals surface area contributed by atoms with Crippen molar-refractivity contribution in [3.63, 3.8) is 0 Å². The minimum Gasteiger partial charge on any atom is -0.484 e. The Hall–Kier alpha value is -3.49. The van der Waals surface area contributed by atoms with Crippen LogP contribution in [0.25, 0.3) is 22.0 Å². The maximum Gasteiger partial charge on any atom is 0.274 e. The van der Waals surface area contributed by atoms with E-state index in [1.165, 1.54) is 10.2 Å². The summed E-state index contributed by atoms with van der Waals surface area (Å²) >= 11 is 0. The molecular formula is C28H29BrN4O3. The molecule has 0 saturated carbocycles. The third-order valence-corrected chi connectivity index (χ3v) is 6.42. The third kappa shape index (κ3) is 5.66. The van der Waals surface area contributed by atoms with Gasteiger partial charge in [0.2, 0.25) is 0 Å². The monoisotopic (exact) mass is 548 g/mol. The molecule has 0 radical (unpaired) electrons. The number of aryl methyl sites for hydroxylation is 1. The van der Waals surface area contributed by atoms with Crippen molar-refractivity contribution in [3.8, 4) is 17.0 Å². The van der Waals surface area contributed by atoms with Crippen LogP contribution >= 0.6 is 17.0 Å². The van der Waals surface area contributed by atoms with Gasteiger partial charge < -0.3 is 9.64 Å². The van der Waals surface area contributed by atoms with Gasteiger partial charge in [-0.05, 0) is 35.9 Å². The van der Waals surface area contributed by atoms with Crippen molar-refractivity contribution in [3.05, 3.63) is 94.8 Å². The van der Waals surface area contributed by atoms with E-state index in [2.05, 4.69) is 34.3 Å². The van der Waals surface area contributed by atoms with Crippen molar-refractivity contribution in [2.75, 3.05) is 32.8 Å². The predicted molar refractivity (Wildman–Crippen MR) is 147 cm³/mol. The van der Waals surface area contributed by atoms with E-state index in [9.17, 15) is 9.59 Å². The van der Waals surface area contributed by atoms with Crippen LogP contribution in [0.5, 0.6) is 5.75 Å². The number of piperazine rings is 1. The second-order valence-electron chi connectivity index (χ2n) is 8.78. The zero-order valence-corrected chi connectivity index (χ0v) is 21.9. The molecule has 1 amide bonds. The number of fused-ring (bicyclic) bond motifs is 1. The van der Waals surface area contributed by atoms with Crippen LogP contribution in [0.1, 0.15) is 5.56 Å². The molecule has 186 valence electrons. The van der Waals surface area contributed by atoms with Crippen LogP contribution in [0.3, 0.4) is 0 Å². The summed E-state index contributed by atoms with van der Waals surface area (Å²) in [5, 5.41) is 5.91. The van der Waals surface area contributed by atoms with Crippen LogP contribution in [-0.2, 0) is 18.4 Å². The minimum atomic E-state index is -0.122. The number of hydrogen-bond donors (Lipinski definition) is 0. The van der Waals surface area contributed by atoms with Gasteiger partial charge in [0.1, 0.15) is 5.75 Å². The fourth-order valence-electron chi connectivity index (χ4n) is 4.46. The number of benzene rings is 3. The molecule has 0 spiro atoms. The van der Waals surface area contributed by atoms with Crippen LogP contribution in [0.2, 0.25) is 0 Å². The summed E-state index contributed by atoms with van der Waals surface area (Å²) in [5.41, 5.74) is 2.78. The van der Waals surface area contributed by atoms with E-state index in [4.69, 9.17) is 4.74 Å². The molecular weight excluding hydrogens is 520 g/mol. The number of ether oxygens (including phenoxy) is 1. The van der Waals surface area contributed by atoms with Crippen LogP contribution in [0.4, 0.5) is 0 Å². The van der Waals surface area contributed by atoms with E-state index in [1.807, 2.05) is 59.5 Å². The average molecular weight is 549 g/mol. The van der Waals surface area contributed by atoms with E-state index in [0.29, 0.717) is 24.2 Å². The third-order valence-electron chi connectivity index (χ3n) is 6.42. The van der Waals surface area contributed by atoms with Crippen LogP contribution < -0.4 is 10.3 Å². The van der Waals surface area contributed by atoms with Gasteiger partial charge in [-0.2, -0.15) is 5.10 Å². The van der Waals surface area contributed by atoms with Crippen molar-refractivity contribution in [2.45, 2.75) is 6.54 Å². The molecule has 2 heterocycles. The van der Waals surface area contributed by atoms with Crippen molar-refractivity contribution < 1.29 is 9.53 Å². The number of carbonyl (C=O) groups is 1. The molecule has 0 atom stereocenters. The second kappa shape index (κ2) is 11.5. The van der Waals surface area contributed by atoms with E-state index >= 15 is 0 Å². The molecule has 1 aliphatic rings. The maximum atomic E-state index is 12.7. The SMILES string of the molecule is Br.Cn1nc(-c2ccc(OCC(=O)N3CCN(Cc4ccccc4)CC3)cc2)c2ccccc2c1=O. The molecule has 0 aliphatic carbocycles. The Labute approximate surface area is 220 Å². The molecule has 4 aromatic rings. The summed E-state index contributed by atoms with van der Waals surface area (Å²) in [6.07, 6.45) is 0. The lowest BCUT2D eigenvalue weighted by Crippen LogP contribution is -2.49. The minimum absolute atomic E-state index is 0. The highest BCUT2D eigenvalue weighted by Crippen LogP contribution is 2.26. The molecule has 0 unspecified atom stereocenters. The summed E-state index contributed by atoms with van der Waals surface area (Å²) in [7, 11) is 1.66. The van der Waals surface area contributed by atoms with Gasteiger partial charge >= 0.3 is 0 Å². The molecule has 8 heteroatoms. The quantitative estimate of drug-likeness (QED) is 0.365. The molecule has 3 aromatic carbocycles. The summed E-state index contributed by atoms with van der Waals surface area (Å²) in [5.74, 6) is 0.623. The number of halogens is 1. The van der Waals surface area contributed by atoms with Crippen molar-refractivity contribution in [1.82, 2.24) is 19.6 Å². The Morgan fingerprint density at radius 1 is 0.861 bits per heavy atom. The molecule has 36 heavy (non-hydrogen) atoms. The van der Waals surface area contributed by atoms with Gasteiger partial charge in [-0.25, -0.2) is 4.68 Å². The van der Waals surface area contributed by atoms with Gasteiger partial charge in [0.25, 0.3) is 11.5 Å². The van der Waals surface area contributed by atoms with E-state index < -0.39 is 0 Å². The number of nitrogens with zero attached hydrogens (tertiary/aromatic N) is 4. The smallest absolute Gasteiger partial charge is 0.274 e. The summed E-state index contributed by atoms with van der Waals surface area (Å²) in [4.78, 5) is 29.3.